The second-order valence-corrected chi connectivity index (χ2v) is 6.79. The van der Waals surface area contributed by atoms with Crippen LogP contribution in [-0.4, -0.2) is 29.4 Å². The Bertz CT molecular complexity index is 459. The number of esters is 1. The van der Waals surface area contributed by atoms with Gasteiger partial charge in [0.15, 0.2) is 6.10 Å². The van der Waals surface area contributed by atoms with E-state index in [4.69, 9.17) is 9.47 Å². The third kappa shape index (κ3) is 8.60. The molecule has 1 unspecified atom stereocenters. The Hall–Kier alpha value is -1.55. The molecule has 0 fully saturated rings. The number of rotatable bonds is 9. The van der Waals surface area contributed by atoms with Crippen LogP contribution in [0.4, 0.5) is 0 Å². The number of benzene rings is 1. The van der Waals surface area contributed by atoms with Crippen molar-refractivity contribution < 1.29 is 19.4 Å². The number of carbonyl (C=O) groups excluding carboxylic acids is 1. The molecule has 1 rings (SSSR count). The molecule has 0 bridgehead atoms. The molecule has 0 radical (unpaired) electrons. The van der Waals surface area contributed by atoms with E-state index in [2.05, 4.69) is 0 Å². The zero-order valence-electron chi connectivity index (χ0n) is 14.8. The smallest absolute Gasteiger partial charge is 0.334 e. The molecule has 1 aromatic rings. The van der Waals surface area contributed by atoms with Gasteiger partial charge < -0.3 is 14.6 Å². The molecule has 4 nitrogen and oxygen atoms in total. The zero-order chi connectivity index (χ0) is 17.3. The Kier molecular flexibility index (Phi) is 8.10. The molecule has 0 aliphatic carbocycles. The summed E-state index contributed by atoms with van der Waals surface area (Å²) in [4.78, 5) is 11.5. The van der Waals surface area contributed by atoms with Crippen molar-refractivity contribution in [3.63, 3.8) is 0 Å². The maximum absolute atomic E-state index is 11.5. The van der Waals surface area contributed by atoms with Crippen LogP contribution in [0, 0.1) is 0 Å². The molecule has 0 aliphatic heterocycles. The fourth-order valence-electron chi connectivity index (χ4n) is 2.11. The van der Waals surface area contributed by atoms with E-state index in [0.717, 1.165) is 37.0 Å². The first-order valence-corrected chi connectivity index (χ1v) is 8.44. The highest BCUT2D eigenvalue weighted by atomic mass is 16.5. The monoisotopic (exact) mass is 322 g/mol. The van der Waals surface area contributed by atoms with E-state index in [1.165, 1.54) is 0 Å². The molecular formula is C19H30O4. The second-order valence-electron chi connectivity index (χ2n) is 6.79. The predicted octanol–water partition coefficient (Wildman–Crippen LogP) is 3.89. The van der Waals surface area contributed by atoms with Crippen molar-refractivity contribution in [2.24, 2.45) is 0 Å². The van der Waals surface area contributed by atoms with Crippen LogP contribution < -0.4 is 4.74 Å². The Labute approximate surface area is 139 Å². The molecule has 0 amide bonds. The summed E-state index contributed by atoms with van der Waals surface area (Å²) < 4.78 is 10.8. The molecule has 4 heteroatoms. The molecule has 0 aromatic heterocycles. The van der Waals surface area contributed by atoms with E-state index in [-0.39, 0.29) is 5.60 Å². The van der Waals surface area contributed by atoms with E-state index < -0.39 is 12.1 Å². The number of aliphatic hydroxyl groups excluding tert-OH is 1. The Morgan fingerprint density at radius 1 is 1.17 bits per heavy atom. The SMILES string of the molecule is CCCCOC(=O)C(O)CCCc1ccc(OC(C)(C)C)cc1. The largest absolute Gasteiger partial charge is 0.488 e. The first-order valence-electron chi connectivity index (χ1n) is 8.44. The molecular weight excluding hydrogens is 292 g/mol. The van der Waals surface area contributed by atoms with Crippen molar-refractivity contribution in [2.45, 2.75) is 71.5 Å². The average molecular weight is 322 g/mol. The minimum atomic E-state index is -1.02. The third-order valence-electron chi connectivity index (χ3n) is 3.30. The van der Waals surface area contributed by atoms with E-state index in [1.807, 2.05) is 52.0 Å². The van der Waals surface area contributed by atoms with E-state index in [1.54, 1.807) is 0 Å². The molecule has 0 spiro atoms. The summed E-state index contributed by atoms with van der Waals surface area (Å²) in [6.45, 7) is 8.47. The highest BCUT2D eigenvalue weighted by molar-refractivity contribution is 5.74. The van der Waals surface area contributed by atoms with Gasteiger partial charge in [-0.2, -0.15) is 0 Å². The van der Waals surface area contributed by atoms with Crippen molar-refractivity contribution in [3.8, 4) is 5.75 Å². The van der Waals surface area contributed by atoms with Crippen LogP contribution in [0.1, 0.15) is 58.9 Å². The average Bonchev–Trinajstić information content (AvgIpc) is 2.47. The lowest BCUT2D eigenvalue weighted by Crippen LogP contribution is -2.23. The highest BCUT2D eigenvalue weighted by Crippen LogP contribution is 2.19. The van der Waals surface area contributed by atoms with Crippen LogP contribution in [0.2, 0.25) is 0 Å². The molecule has 23 heavy (non-hydrogen) atoms. The van der Waals surface area contributed by atoms with Gasteiger partial charge in [0.05, 0.1) is 6.61 Å². The summed E-state index contributed by atoms with van der Waals surface area (Å²) in [5, 5.41) is 9.77. The van der Waals surface area contributed by atoms with E-state index in [9.17, 15) is 9.90 Å². The lowest BCUT2D eigenvalue weighted by Gasteiger charge is -2.21. The van der Waals surface area contributed by atoms with Gasteiger partial charge in [-0.1, -0.05) is 25.5 Å². The van der Waals surface area contributed by atoms with Gasteiger partial charge in [-0.25, -0.2) is 4.79 Å². The molecule has 1 aromatic carbocycles. The highest BCUT2D eigenvalue weighted by Gasteiger charge is 2.16. The first kappa shape index (κ1) is 19.5. The summed E-state index contributed by atoms with van der Waals surface area (Å²) in [7, 11) is 0. The summed E-state index contributed by atoms with van der Waals surface area (Å²) >= 11 is 0. The van der Waals surface area contributed by atoms with Crippen LogP contribution in [-0.2, 0) is 16.0 Å². The molecule has 130 valence electrons. The number of hydrogen-bond acceptors (Lipinski definition) is 4. The number of unbranched alkanes of at least 4 members (excludes halogenated alkanes) is 1. The topological polar surface area (TPSA) is 55.8 Å². The number of ether oxygens (including phenoxy) is 2. The minimum Gasteiger partial charge on any atom is -0.488 e. The summed E-state index contributed by atoms with van der Waals surface area (Å²) in [6.07, 6.45) is 2.76. The van der Waals surface area contributed by atoms with Crippen LogP contribution in [0.25, 0.3) is 0 Å². The molecule has 1 N–H and O–H groups in total. The van der Waals surface area contributed by atoms with Crippen LogP contribution in [0.15, 0.2) is 24.3 Å². The molecule has 0 heterocycles. The van der Waals surface area contributed by atoms with Crippen LogP contribution in [0.5, 0.6) is 5.75 Å². The number of carbonyl (C=O) groups is 1. The molecule has 0 saturated carbocycles. The normalized spacial score (nSPS) is 12.7. The van der Waals surface area contributed by atoms with Crippen molar-refractivity contribution in [3.05, 3.63) is 29.8 Å². The lowest BCUT2D eigenvalue weighted by atomic mass is 10.1. The molecule has 0 aliphatic rings. The first-order chi connectivity index (χ1) is 10.8. The summed E-state index contributed by atoms with van der Waals surface area (Å²) in [6, 6.07) is 7.95. The number of hydrogen-bond donors (Lipinski definition) is 1. The quantitative estimate of drug-likeness (QED) is 0.553. The van der Waals surface area contributed by atoms with Gasteiger partial charge in [0, 0.05) is 0 Å². The van der Waals surface area contributed by atoms with Crippen molar-refractivity contribution in [2.75, 3.05) is 6.61 Å². The second kappa shape index (κ2) is 9.56. The van der Waals surface area contributed by atoms with E-state index >= 15 is 0 Å². The fraction of sp³-hybridized carbons (Fsp3) is 0.632. The standard InChI is InChI=1S/C19H30O4/c1-5-6-14-22-18(21)17(20)9-7-8-15-10-12-16(13-11-15)23-19(2,3)4/h10-13,17,20H,5-9,14H2,1-4H3. The predicted molar refractivity (Wildman–Crippen MR) is 91.6 cm³/mol. The van der Waals surface area contributed by atoms with Gasteiger partial charge in [-0.3, -0.25) is 0 Å². The summed E-state index contributed by atoms with van der Waals surface area (Å²) in [5.41, 5.74) is 0.960. The molecule has 0 saturated heterocycles. The Morgan fingerprint density at radius 2 is 1.83 bits per heavy atom. The molecule has 1 atom stereocenters. The van der Waals surface area contributed by atoms with Gasteiger partial charge in [0.25, 0.3) is 0 Å². The van der Waals surface area contributed by atoms with Gasteiger partial charge in [0.1, 0.15) is 11.4 Å². The van der Waals surface area contributed by atoms with Gasteiger partial charge in [-0.05, 0) is 64.2 Å². The number of aryl methyl sites for hydroxylation is 1. The van der Waals surface area contributed by atoms with Crippen molar-refractivity contribution >= 4 is 5.97 Å². The third-order valence-corrected chi connectivity index (χ3v) is 3.30. The van der Waals surface area contributed by atoms with Crippen LogP contribution in [0.3, 0.4) is 0 Å². The summed E-state index contributed by atoms with van der Waals surface area (Å²) in [5.74, 6) is 0.341. The van der Waals surface area contributed by atoms with E-state index in [0.29, 0.717) is 13.0 Å². The fourth-order valence-corrected chi connectivity index (χ4v) is 2.11. The van der Waals surface area contributed by atoms with Gasteiger partial charge in [-0.15, -0.1) is 0 Å². The van der Waals surface area contributed by atoms with Gasteiger partial charge >= 0.3 is 5.97 Å². The number of aliphatic hydroxyl groups is 1. The maximum Gasteiger partial charge on any atom is 0.334 e. The van der Waals surface area contributed by atoms with Crippen LogP contribution >= 0.6 is 0 Å². The maximum atomic E-state index is 11.5. The minimum absolute atomic E-state index is 0.205. The van der Waals surface area contributed by atoms with Crippen molar-refractivity contribution in [1.82, 2.24) is 0 Å². The Balaban J connectivity index is 2.31. The van der Waals surface area contributed by atoms with Crippen molar-refractivity contribution in [1.29, 1.82) is 0 Å². The Morgan fingerprint density at radius 3 is 2.39 bits per heavy atom. The lowest BCUT2D eigenvalue weighted by molar-refractivity contribution is -0.154. The van der Waals surface area contributed by atoms with Gasteiger partial charge in [0.2, 0.25) is 0 Å². The zero-order valence-corrected chi connectivity index (χ0v) is 14.8.